The van der Waals surface area contributed by atoms with E-state index in [0.29, 0.717) is 10.8 Å². The summed E-state index contributed by atoms with van der Waals surface area (Å²) in [4.78, 5) is 15.6. The van der Waals surface area contributed by atoms with Gasteiger partial charge in [-0.3, -0.25) is 4.79 Å². The maximum atomic E-state index is 11.3. The molecule has 0 aliphatic heterocycles. The van der Waals surface area contributed by atoms with E-state index < -0.39 is 5.97 Å². The SMILES string of the molecule is COc1cccc(Cl)c1-c1cccc(C(CC(=O)O)c2nccs2)c1. The second-order valence-electron chi connectivity index (χ2n) is 5.46. The molecule has 1 unspecified atom stereocenters. The van der Waals surface area contributed by atoms with Crippen LogP contribution in [0, 0.1) is 0 Å². The van der Waals surface area contributed by atoms with Gasteiger partial charge < -0.3 is 9.84 Å². The third kappa shape index (κ3) is 3.83. The molecule has 0 aliphatic carbocycles. The molecule has 3 rings (SSSR count). The first-order chi connectivity index (χ1) is 12.1. The first kappa shape index (κ1) is 17.5. The van der Waals surface area contributed by atoms with Crippen LogP contribution < -0.4 is 4.74 Å². The fraction of sp³-hybridized carbons (Fsp3) is 0.158. The summed E-state index contributed by atoms with van der Waals surface area (Å²) in [6, 6.07) is 13.2. The lowest BCUT2D eigenvalue weighted by atomic mass is 9.92. The maximum Gasteiger partial charge on any atom is 0.304 e. The largest absolute Gasteiger partial charge is 0.496 e. The molecule has 6 heteroatoms. The average molecular weight is 374 g/mol. The third-order valence-electron chi connectivity index (χ3n) is 3.90. The van der Waals surface area contributed by atoms with Gasteiger partial charge in [-0.25, -0.2) is 4.98 Å². The highest BCUT2D eigenvalue weighted by Gasteiger charge is 2.21. The molecule has 1 atom stereocenters. The van der Waals surface area contributed by atoms with Gasteiger partial charge in [0.2, 0.25) is 0 Å². The zero-order valence-electron chi connectivity index (χ0n) is 13.5. The molecule has 0 spiro atoms. The second-order valence-corrected chi connectivity index (χ2v) is 6.80. The highest BCUT2D eigenvalue weighted by molar-refractivity contribution is 7.09. The molecule has 1 heterocycles. The fourth-order valence-corrected chi connectivity index (χ4v) is 3.84. The minimum atomic E-state index is -0.860. The molecular formula is C19H16ClNO3S. The number of thiazole rings is 1. The van der Waals surface area contributed by atoms with E-state index in [0.717, 1.165) is 21.7 Å². The molecule has 0 radical (unpaired) electrons. The summed E-state index contributed by atoms with van der Waals surface area (Å²) in [5.74, 6) is -0.486. The molecule has 0 saturated carbocycles. The summed E-state index contributed by atoms with van der Waals surface area (Å²) in [5.41, 5.74) is 2.56. The molecule has 128 valence electrons. The van der Waals surface area contributed by atoms with Crippen molar-refractivity contribution in [3.63, 3.8) is 0 Å². The molecule has 3 aromatic rings. The van der Waals surface area contributed by atoms with Crippen LogP contribution in [0.15, 0.2) is 54.0 Å². The average Bonchev–Trinajstić information content (AvgIpc) is 3.13. The highest BCUT2D eigenvalue weighted by atomic mass is 35.5. The van der Waals surface area contributed by atoms with Gasteiger partial charge in [-0.1, -0.05) is 41.9 Å². The van der Waals surface area contributed by atoms with Gasteiger partial charge in [-0.05, 0) is 23.3 Å². The van der Waals surface area contributed by atoms with Crippen LogP contribution in [0.1, 0.15) is 22.9 Å². The Bertz CT molecular complexity index is 880. The van der Waals surface area contributed by atoms with Crippen molar-refractivity contribution >= 4 is 28.9 Å². The van der Waals surface area contributed by atoms with E-state index in [1.165, 1.54) is 11.3 Å². The number of halogens is 1. The minimum absolute atomic E-state index is 0.0172. The number of hydrogen-bond donors (Lipinski definition) is 1. The van der Waals surface area contributed by atoms with Crippen molar-refractivity contribution in [1.82, 2.24) is 4.98 Å². The van der Waals surface area contributed by atoms with E-state index >= 15 is 0 Å². The minimum Gasteiger partial charge on any atom is -0.496 e. The molecule has 0 bridgehead atoms. The fourth-order valence-electron chi connectivity index (χ4n) is 2.79. The van der Waals surface area contributed by atoms with Crippen molar-refractivity contribution in [2.45, 2.75) is 12.3 Å². The van der Waals surface area contributed by atoms with Gasteiger partial charge in [-0.15, -0.1) is 11.3 Å². The Morgan fingerprint density at radius 3 is 2.80 bits per heavy atom. The number of benzene rings is 2. The van der Waals surface area contributed by atoms with Gasteiger partial charge >= 0.3 is 5.97 Å². The van der Waals surface area contributed by atoms with Gasteiger partial charge in [0.05, 0.1) is 18.6 Å². The molecule has 0 amide bonds. The van der Waals surface area contributed by atoms with Crippen LogP contribution in [0.2, 0.25) is 5.02 Å². The normalized spacial score (nSPS) is 11.9. The number of carboxylic acids is 1. The van der Waals surface area contributed by atoms with E-state index in [-0.39, 0.29) is 12.3 Å². The topological polar surface area (TPSA) is 59.4 Å². The lowest BCUT2D eigenvalue weighted by Gasteiger charge is -2.16. The number of carboxylic acid groups (broad SMARTS) is 1. The summed E-state index contributed by atoms with van der Waals surface area (Å²) in [5, 5.41) is 12.5. The van der Waals surface area contributed by atoms with Crippen LogP contribution >= 0.6 is 22.9 Å². The van der Waals surface area contributed by atoms with E-state index in [4.69, 9.17) is 16.3 Å². The molecular weight excluding hydrogens is 358 g/mol. The van der Waals surface area contributed by atoms with Gasteiger partial charge in [0.15, 0.2) is 0 Å². The molecule has 1 aromatic heterocycles. The Hall–Kier alpha value is -2.37. The molecule has 0 saturated heterocycles. The highest BCUT2D eigenvalue weighted by Crippen LogP contribution is 2.38. The lowest BCUT2D eigenvalue weighted by molar-refractivity contribution is -0.137. The zero-order chi connectivity index (χ0) is 17.8. The summed E-state index contributed by atoms with van der Waals surface area (Å²) < 4.78 is 5.43. The maximum absolute atomic E-state index is 11.3. The number of hydrogen-bond acceptors (Lipinski definition) is 4. The summed E-state index contributed by atoms with van der Waals surface area (Å²) in [7, 11) is 1.60. The first-order valence-electron chi connectivity index (χ1n) is 7.64. The van der Waals surface area contributed by atoms with Crippen LogP contribution in [0.5, 0.6) is 5.75 Å². The Labute approximate surface area is 154 Å². The Morgan fingerprint density at radius 1 is 1.32 bits per heavy atom. The number of nitrogens with zero attached hydrogens (tertiary/aromatic N) is 1. The van der Waals surface area contributed by atoms with Gasteiger partial charge in [-0.2, -0.15) is 0 Å². The number of ether oxygens (including phenoxy) is 1. The Morgan fingerprint density at radius 2 is 2.12 bits per heavy atom. The van der Waals surface area contributed by atoms with Gasteiger partial charge in [0.1, 0.15) is 10.8 Å². The van der Waals surface area contributed by atoms with Crippen molar-refractivity contribution in [2.24, 2.45) is 0 Å². The van der Waals surface area contributed by atoms with Crippen molar-refractivity contribution in [3.8, 4) is 16.9 Å². The molecule has 25 heavy (non-hydrogen) atoms. The van der Waals surface area contributed by atoms with Crippen LogP contribution in [-0.2, 0) is 4.79 Å². The second kappa shape index (κ2) is 7.68. The third-order valence-corrected chi connectivity index (χ3v) is 5.11. The van der Waals surface area contributed by atoms with Crippen molar-refractivity contribution in [1.29, 1.82) is 0 Å². The number of aliphatic carboxylic acids is 1. The number of aromatic nitrogens is 1. The van der Waals surface area contributed by atoms with Crippen molar-refractivity contribution < 1.29 is 14.6 Å². The molecule has 1 N–H and O–H groups in total. The lowest BCUT2D eigenvalue weighted by Crippen LogP contribution is -2.08. The van der Waals surface area contributed by atoms with E-state index in [1.807, 2.05) is 47.8 Å². The smallest absolute Gasteiger partial charge is 0.304 e. The number of methoxy groups -OCH3 is 1. The molecule has 2 aromatic carbocycles. The van der Waals surface area contributed by atoms with Gasteiger partial charge in [0, 0.05) is 23.1 Å². The number of carbonyl (C=O) groups is 1. The Kier molecular flexibility index (Phi) is 5.36. The monoisotopic (exact) mass is 373 g/mol. The van der Waals surface area contributed by atoms with Crippen molar-refractivity contribution in [2.75, 3.05) is 7.11 Å². The molecule has 0 aliphatic rings. The van der Waals surface area contributed by atoms with E-state index in [1.54, 1.807) is 13.3 Å². The summed E-state index contributed by atoms with van der Waals surface area (Å²) >= 11 is 7.83. The van der Waals surface area contributed by atoms with Gasteiger partial charge in [0.25, 0.3) is 0 Å². The van der Waals surface area contributed by atoms with E-state index in [2.05, 4.69) is 4.98 Å². The standard InChI is InChI=1S/C19H16ClNO3S/c1-24-16-7-3-6-15(20)18(16)13-5-2-4-12(10-13)14(11-17(22)23)19-21-8-9-25-19/h2-10,14H,11H2,1H3,(H,22,23). The number of rotatable bonds is 6. The van der Waals surface area contributed by atoms with Crippen LogP contribution in [-0.4, -0.2) is 23.2 Å². The molecule has 0 fully saturated rings. The quantitative estimate of drug-likeness (QED) is 0.654. The van der Waals surface area contributed by atoms with E-state index in [9.17, 15) is 9.90 Å². The summed E-state index contributed by atoms with van der Waals surface area (Å²) in [6.07, 6.45) is 1.67. The van der Waals surface area contributed by atoms with Crippen LogP contribution in [0.3, 0.4) is 0 Å². The molecule has 4 nitrogen and oxygen atoms in total. The predicted octanol–water partition coefficient (Wildman–Crippen LogP) is 5.08. The first-order valence-corrected chi connectivity index (χ1v) is 8.90. The predicted molar refractivity (Wildman–Crippen MR) is 99.6 cm³/mol. The zero-order valence-corrected chi connectivity index (χ0v) is 15.1. The van der Waals surface area contributed by atoms with Crippen molar-refractivity contribution in [3.05, 3.63) is 69.6 Å². The van der Waals surface area contributed by atoms with Crippen LogP contribution in [0.4, 0.5) is 0 Å². The van der Waals surface area contributed by atoms with Crippen LogP contribution in [0.25, 0.3) is 11.1 Å². The summed E-state index contributed by atoms with van der Waals surface area (Å²) in [6.45, 7) is 0. The Balaban J connectivity index is 2.08.